The van der Waals surface area contributed by atoms with Gasteiger partial charge in [-0.1, -0.05) is 435 Å². The van der Waals surface area contributed by atoms with Crippen LogP contribution in [0, 0.1) is 0 Å². The second-order valence-electron chi connectivity index (χ2n) is 47.7. The number of rotatable bonds is 7. The van der Waals surface area contributed by atoms with Crippen LogP contribution in [0.3, 0.4) is 0 Å². The van der Waals surface area contributed by atoms with Gasteiger partial charge in [0.05, 0.1) is 60.9 Å². The van der Waals surface area contributed by atoms with Crippen LogP contribution in [0.1, 0.15) is 264 Å². The van der Waals surface area contributed by atoms with E-state index in [4.69, 9.17) is 27.4 Å². The third-order valence-corrected chi connectivity index (χ3v) is 32.5. The molecule has 2 nitrogen and oxygen atoms in total. The second kappa shape index (κ2) is 36.8. The maximum absolute atomic E-state index is 8.87. The van der Waals surface area contributed by atoms with Crippen LogP contribution in [-0.2, 0) is 48.7 Å². The average molecular weight is 1970 g/mol. The number of aromatic nitrogens is 2. The number of nitrogens with zero attached hydrogens (tertiary/aromatic N) is 2. The smallest absolute Gasteiger partial charge is 0.0629 e. The van der Waals surface area contributed by atoms with Crippen molar-refractivity contribution in [3.05, 3.63) is 395 Å². The molecule has 0 unspecified atom stereocenters. The van der Waals surface area contributed by atoms with Gasteiger partial charge in [0.25, 0.3) is 0 Å². The van der Waals surface area contributed by atoms with Gasteiger partial charge in [-0.15, -0.1) is 45.3 Å². The molecule has 23 rings (SSSR count). The summed E-state index contributed by atoms with van der Waals surface area (Å²) in [6.45, 7) is 60.5. The van der Waals surface area contributed by atoms with Gasteiger partial charge in [0, 0.05) is 102 Å². The first kappa shape index (κ1) is 76.8. The van der Waals surface area contributed by atoms with Gasteiger partial charge in [0.2, 0.25) is 0 Å². The molecule has 0 saturated carbocycles. The Hall–Kier alpha value is -12.8. The van der Waals surface area contributed by atoms with Crippen molar-refractivity contribution in [3.8, 4) is 67.0 Å². The predicted octanol–water partition coefficient (Wildman–Crippen LogP) is 42.4. The number of hydrogen-bond acceptors (Lipinski definition) is 4. The zero-order valence-corrected chi connectivity index (χ0v) is 91.2. The molecule has 6 heterocycles. The molecular weight excluding hydrogens is 1810 g/mol. The summed E-state index contributed by atoms with van der Waals surface area (Å²) < 4.78 is 182. The molecule has 0 saturated heterocycles. The monoisotopic (exact) mass is 1970 g/mol. The Kier molecular flexibility index (Phi) is 19.6. The number of hydrogen-bond donors (Lipinski definition) is 0. The summed E-state index contributed by atoms with van der Waals surface area (Å²) in [6, 6.07) is 73.5. The SMILES string of the molecule is [2H]c1c([2H])c([2H])c(-c2cccc3sc4ccc(-c5cc(C(C)(C)C)cc(C(C)(C)C)c5)c(C(C)(C)C)c4c23)c([2H])c1[2H].[2H]c1c([2H])c([2H])c(-c2cccc3sc4ccc(-n5c6ccc(C(C)(C)C)cc6c6cc(C(C)(C)C)ccc65)c(C(C)(C)C)c4c23)c([2H])c1[2H].[2H]c1c([2H])c([2H])c(-c2cccc3sc4ccc(-n5c6ccccc6c6ccccc65)c(C(C)(C)C)c4c23)c([2H])c1[2H].[2H]c1c([2H])c([2H])c(-c2cccc3sc4ccc(C(C)(C)C)c(C(C)(C)C)c4c23)c([2H])c1[2H]. The summed E-state index contributed by atoms with van der Waals surface area (Å²) in [4.78, 5) is 0. The molecule has 0 amide bonds. The van der Waals surface area contributed by atoms with Crippen LogP contribution in [0.15, 0.2) is 345 Å². The highest BCUT2D eigenvalue weighted by Crippen LogP contribution is 2.55. The quantitative estimate of drug-likeness (QED) is 0.151. The van der Waals surface area contributed by atoms with Crippen LogP contribution < -0.4 is 0 Å². The second-order valence-corrected chi connectivity index (χ2v) is 52.1. The van der Waals surface area contributed by atoms with E-state index in [2.05, 4.69) is 372 Å². The zero-order chi connectivity index (χ0) is 119. The lowest BCUT2D eigenvalue weighted by Crippen LogP contribution is -2.22. The van der Waals surface area contributed by atoms with Crippen LogP contribution in [0.5, 0.6) is 0 Å². The van der Waals surface area contributed by atoms with Gasteiger partial charge in [-0.25, -0.2) is 0 Å². The lowest BCUT2D eigenvalue weighted by Gasteiger charge is -2.31. The third kappa shape index (κ3) is 18.2. The van der Waals surface area contributed by atoms with Crippen LogP contribution >= 0.6 is 45.3 Å². The maximum atomic E-state index is 8.87. The Bertz CT molecular complexity index is 9970. The highest BCUT2D eigenvalue weighted by molar-refractivity contribution is 7.27. The van der Waals surface area contributed by atoms with Crippen LogP contribution in [0.25, 0.3) is 191 Å². The van der Waals surface area contributed by atoms with E-state index in [1.54, 1.807) is 45.3 Å². The molecule has 144 heavy (non-hydrogen) atoms. The first-order valence-electron chi connectivity index (χ1n) is 60.0. The largest absolute Gasteiger partial charge is 0.309 e. The van der Waals surface area contributed by atoms with Gasteiger partial charge in [-0.2, -0.15) is 0 Å². The zero-order valence-electron chi connectivity index (χ0n) is 108. The van der Waals surface area contributed by atoms with E-state index in [-0.39, 0.29) is 192 Å². The third-order valence-electron chi connectivity index (χ3n) is 28.0. The fraction of sp³-hybridized carbons (Fsp3) is 0.261. The lowest BCUT2D eigenvalue weighted by molar-refractivity contribution is 0.535. The van der Waals surface area contributed by atoms with Crippen LogP contribution in [-0.4, -0.2) is 9.13 Å². The molecule has 0 radical (unpaired) electrons. The van der Waals surface area contributed by atoms with Gasteiger partial charge < -0.3 is 9.13 Å². The van der Waals surface area contributed by atoms with E-state index in [0.29, 0.717) is 22.3 Å². The van der Waals surface area contributed by atoms with E-state index < -0.39 is 0 Å². The van der Waals surface area contributed by atoms with Gasteiger partial charge in [-0.05, 0) is 252 Å². The highest BCUT2D eigenvalue weighted by Gasteiger charge is 2.36. The number of benzene rings is 17. The molecule has 0 fully saturated rings. The first-order valence-corrected chi connectivity index (χ1v) is 53.2. The molecule has 23 aromatic rings. The topological polar surface area (TPSA) is 9.86 Å². The first-order chi connectivity index (χ1) is 76.5. The minimum atomic E-state index is -0.380. The van der Waals surface area contributed by atoms with Crippen molar-refractivity contribution in [3.63, 3.8) is 0 Å². The van der Waals surface area contributed by atoms with Crippen molar-refractivity contribution in [2.24, 2.45) is 0 Å². The van der Waals surface area contributed by atoms with Gasteiger partial charge >= 0.3 is 0 Å². The highest BCUT2D eigenvalue weighted by atomic mass is 32.1. The molecule has 0 aliphatic carbocycles. The average Bonchev–Trinajstić information content (AvgIpc) is 1.72. The molecule has 6 aromatic heterocycles. The van der Waals surface area contributed by atoms with E-state index in [1.807, 2.05) is 48.5 Å². The molecule has 0 aliphatic heterocycles. The van der Waals surface area contributed by atoms with E-state index >= 15 is 0 Å². The van der Waals surface area contributed by atoms with E-state index in [9.17, 15) is 0 Å². The number of fused-ring (bicyclic) bond motifs is 18. The Morgan fingerprint density at radius 3 is 0.771 bits per heavy atom. The minimum absolute atomic E-state index is 0.00484. The molecule has 0 bridgehead atoms. The van der Waals surface area contributed by atoms with Crippen molar-refractivity contribution in [2.45, 2.75) is 236 Å². The summed E-state index contributed by atoms with van der Waals surface area (Å²) in [5.74, 6) is 0. The molecule has 0 atom stereocenters. The lowest BCUT2D eigenvalue weighted by atomic mass is 9.73. The maximum Gasteiger partial charge on any atom is 0.0629 e. The Balaban J connectivity index is 0.000000131. The molecular formula is C138H138N2S4. The van der Waals surface area contributed by atoms with Gasteiger partial charge in [0.15, 0.2) is 0 Å². The van der Waals surface area contributed by atoms with Crippen LogP contribution in [0.2, 0.25) is 0 Å². The summed E-state index contributed by atoms with van der Waals surface area (Å²) in [5, 5.41) is 13.0. The molecule has 17 aromatic carbocycles. The van der Waals surface area contributed by atoms with Crippen molar-refractivity contribution in [1.82, 2.24) is 9.13 Å². The summed E-state index contributed by atoms with van der Waals surface area (Å²) >= 11 is 6.74. The molecule has 6 heteroatoms. The van der Waals surface area contributed by atoms with Crippen molar-refractivity contribution in [1.29, 1.82) is 0 Å². The Labute approximate surface area is 898 Å². The van der Waals surface area contributed by atoms with E-state index in [1.165, 1.54) is 71.6 Å². The summed E-state index contributed by atoms with van der Waals surface area (Å²) in [5.41, 5.74) is 22.9. The Morgan fingerprint density at radius 1 is 0.188 bits per heavy atom. The standard InChI is InChI=1S/C42H43NS.C36H40S.C34H27NS.C26H28S/c1-40(2,3)27-18-20-32-30(24-27)31-25-28(41(4,5)6)19-21-33(31)43(32)34-22-23-36-38(39(34)42(7,8)9)37-29(16-13-17-35(37)44-36)26-14-11-10-12-15-26;1-34(2,3)25-20-24(21-26(22-25)35(4,5)6)28-18-19-30-32(33(28)36(7,8)9)31-27(16-13-17-29(31)37-30)23-14-11-10-12-15-23;1-34(2,3)33-28(35-26-17-9-7-14-24(26)25-15-8-10-18-27(25)35)20-21-30-32(33)31-23(16-11-19-29(31)36-30)22-12-5-4-6-13-22;1-25(2,3)19-15-16-21-23(24(19)26(4,5)6)22-18(13-10-14-20(22)27-21)17-11-8-7-9-12-17/h10-25H,1-9H3;10-22H,1-9H3;4-21H,1-3H3;7-16H,1-6H3/i2*10D,11D,12D,14D,15D;4D,5D,6D,12D,13D;7D,8D,9D,11D,12D. The normalized spacial score (nSPS) is 14.8. The fourth-order valence-electron chi connectivity index (χ4n) is 21.3. The fourth-order valence-corrected chi connectivity index (χ4v) is 25.9. The molecule has 724 valence electrons. The molecule has 0 spiro atoms. The summed E-state index contributed by atoms with van der Waals surface area (Å²) in [7, 11) is 0. The predicted molar refractivity (Wildman–Crippen MR) is 641 cm³/mol. The number of thiophene rings is 4. The molecule has 0 aliphatic rings. The van der Waals surface area contributed by atoms with Crippen molar-refractivity contribution in [2.75, 3.05) is 0 Å². The van der Waals surface area contributed by atoms with Gasteiger partial charge in [0.1, 0.15) is 0 Å². The number of para-hydroxylation sites is 2. The minimum Gasteiger partial charge on any atom is -0.309 e. The van der Waals surface area contributed by atoms with Crippen LogP contribution in [0.4, 0.5) is 0 Å². The van der Waals surface area contributed by atoms with Gasteiger partial charge in [-0.3, -0.25) is 0 Å². The Morgan fingerprint density at radius 2 is 0.465 bits per heavy atom. The van der Waals surface area contributed by atoms with Crippen molar-refractivity contribution >= 4 is 170 Å². The van der Waals surface area contributed by atoms with Crippen molar-refractivity contribution < 1.29 is 27.4 Å². The summed E-state index contributed by atoms with van der Waals surface area (Å²) in [6.07, 6.45) is 0. The van der Waals surface area contributed by atoms with E-state index in [0.717, 1.165) is 125 Å². The molecule has 0 N–H and O–H groups in total.